The molecule has 2 N–H and O–H groups in total. The van der Waals surface area contributed by atoms with Crippen LogP contribution in [0.4, 0.5) is 5.69 Å². The molecule has 0 spiro atoms. The van der Waals surface area contributed by atoms with Crippen LogP contribution in [0.5, 0.6) is 0 Å². The summed E-state index contributed by atoms with van der Waals surface area (Å²) in [6, 6.07) is 21.4. The maximum Gasteiger partial charge on any atom is 0.335 e. The lowest BCUT2D eigenvalue weighted by Gasteiger charge is -2.25. The van der Waals surface area contributed by atoms with Crippen LogP contribution >= 0.6 is 0 Å². The summed E-state index contributed by atoms with van der Waals surface area (Å²) < 4.78 is 15.9. The molecule has 7 rings (SSSR count). The number of carbonyl (C=O) groups is 2. The molecule has 0 saturated carbocycles. The van der Waals surface area contributed by atoms with E-state index in [1.54, 1.807) is 24.3 Å². The Morgan fingerprint density at radius 2 is 1.58 bits per heavy atom. The number of aliphatic carboxylic acids is 1. The molecule has 0 saturated heterocycles. The lowest BCUT2D eigenvalue weighted by molar-refractivity contribution is -0.137. The zero-order valence-corrected chi connectivity index (χ0v) is 28.9. The van der Waals surface area contributed by atoms with Crippen molar-refractivity contribution < 1.29 is 29.0 Å². The topological polar surface area (TPSA) is 118 Å². The zero-order chi connectivity index (χ0) is 34.8. The van der Waals surface area contributed by atoms with Gasteiger partial charge in [-0.15, -0.1) is 0 Å². The number of benzene rings is 3. The molecular weight excluding hydrogens is 630 g/mol. The number of para-hydroxylation sites is 1. The van der Waals surface area contributed by atoms with Gasteiger partial charge in [-0.1, -0.05) is 57.7 Å². The maximum absolute atomic E-state index is 11.6. The van der Waals surface area contributed by atoms with E-state index in [9.17, 15) is 14.7 Å². The molecule has 3 aromatic carbocycles. The van der Waals surface area contributed by atoms with E-state index in [4.69, 9.17) is 19.3 Å². The zero-order valence-electron chi connectivity index (χ0n) is 28.9. The van der Waals surface area contributed by atoms with Gasteiger partial charge in [-0.05, 0) is 68.1 Å². The molecule has 2 atom stereocenters. The van der Waals surface area contributed by atoms with Crippen LogP contribution in [0.1, 0.15) is 111 Å². The average Bonchev–Trinajstić information content (AvgIpc) is 3.82. The molecule has 0 radical (unpaired) electrons. The standard InChI is InChI=1S/C41H45N3O6/c1-3-5-22-43(23-6-4-2)28-20-21-30-32(25-28)49-38-35(30)34-29-13-10-11-14-31(29)44(24-12-8-7-9-15-33(45)46)37(34)36-39(38)50-40(42-36)26-16-18-27(19-17-26)41(47)48/h10-11,13-14,16-21,25,36,39H,3-9,12,15,22-24H2,1-2H3,(H,45,46)(H,47,48). The van der Waals surface area contributed by atoms with Crippen molar-refractivity contribution in [2.24, 2.45) is 4.99 Å². The monoisotopic (exact) mass is 675 g/mol. The number of aryl methyl sites for hydroxylation is 1. The Morgan fingerprint density at radius 1 is 0.840 bits per heavy atom. The SMILES string of the molecule is CCCCN(CCCC)c1ccc2c3c(oc2c1)C1OC(c2ccc(C(=O)O)cc2)=NC1c1c-3c2ccccc2n1CCCCCCC(=O)O. The van der Waals surface area contributed by atoms with Crippen LogP contribution in [0.2, 0.25) is 0 Å². The van der Waals surface area contributed by atoms with Crippen LogP contribution in [-0.2, 0) is 16.1 Å². The van der Waals surface area contributed by atoms with Crippen LogP contribution in [0.3, 0.4) is 0 Å². The first kappa shape index (κ1) is 33.4. The third kappa shape index (κ3) is 6.25. The molecule has 2 aliphatic rings. The van der Waals surface area contributed by atoms with Crippen molar-refractivity contribution >= 4 is 45.4 Å². The minimum absolute atomic E-state index is 0.195. The molecule has 50 heavy (non-hydrogen) atoms. The van der Waals surface area contributed by atoms with Gasteiger partial charge >= 0.3 is 11.9 Å². The second-order valence-electron chi connectivity index (χ2n) is 13.5. The van der Waals surface area contributed by atoms with Crippen molar-refractivity contribution in [1.82, 2.24) is 4.57 Å². The van der Waals surface area contributed by atoms with Gasteiger partial charge < -0.3 is 28.8 Å². The van der Waals surface area contributed by atoms with Gasteiger partial charge in [0.05, 0.1) is 11.3 Å². The van der Waals surface area contributed by atoms with E-state index in [1.807, 2.05) is 0 Å². The predicted molar refractivity (Wildman–Crippen MR) is 196 cm³/mol. The highest BCUT2D eigenvalue weighted by molar-refractivity contribution is 6.09. The number of aliphatic imine (C=N–C) groups is 1. The number of nitrogens with zero attached hydrogens (tertiary/aromatic N) is 3. The van der Waals surface area contributed by atoms with Crippen LogP contribution < -0.4 is 4.90 Å². The highest BCUT2D eigenvalue weighted by atomic mass is 16.5. The number of carboxylic acid groups (broad SMARTS) is 2. The molecule has 1 aliphatic carbocycles. The Labute approximate surface area is 292 Å². The summed E-state index contributed by atoms with van der Waals surface area (Å²) in [5, 5.41) is 20.7. The van der Waals surface area contributed by atoms with Gasteiger partial charge in [-0.2, -0.15) is 0 Å². The molecule has 2 unspecified atom stereocenters. The first-order valence-corrected chi connectivity index (χ1v) is 18.1. The Hall–Kier alpha value is -5.05. The van der Waals surface area contributed by atoms with E-state index in [-0.39, 0.29) is 18.0 Å². The Balaban J connectivity index is 1.35. The fraction of sp³-hybridized carbons (Fsp3) is 0.390. The van der Waals surface area contributed by atoms with Crippen LogP contribution in [0.15, 0.2) is 76.1 Å². The summed E-state index contributed by atoms with van der Waals surface area (Å²) in [7, 11) is 0. The number of ether oxygens (including phenoxy) is 1. The highest BCUT2D eigenvalue weighted by Gasteiger charge is 2.47. The van der Waals surface area contributed by atoms with Crippen LogP contribution in [0.25, 0.3) is 33.0 Å². The van der Waals surface area contributed by atoms with Gasteiger partial charge in [0, 0.05) is 70.8 Å². The van der Waals surface area contributed by atoms with E-state index in [2.05, 4.69) is 65.8 Å². The molecule has 5 aromatic rings. The largest absolute Gasteiger partial charge is 0.481 e. The van der Waals surface area contributed by atoms with Gasteiger partial charge in [0.15, 0.2) is 11.9 Å². The van der Waals surface area contributed by atoms with Crippen molar-refractivity contribution in [3.05, 3.63) is 89.3 Å². The van der Waals surface area contributed by atoms with E-state index in [0.29, 0.717) is 12.3 Å². The predicted octanol–water partition coefficient (Wildman–Crippen LogP) is 9.77. The number of carboxylic acids is 2. The van der Waals surface area contributed by atoms with Crippen LogP contribution in [0, 0.1) is 0 Å². The van der Waals surface area contributed by atoms with Gasteiger partial charge in [0.2, 0.25) is 5.90 Å². The second-order valence-corrected chi connectivity index (χ2v) is 13.5. The second kappa shape index (κ2) is 14.4. The summed E-state index contributed by atoms with van der Waals surface area (Å²) in [6.07, 6.45) is 7.61. The molecule has 2 aromatic heterocycles. The summed E-state index contributed by atoms with van der Waals surface area (Å²) in [5.41, 5.74) is 7.30. The molecular formula is C41H45N3O6. The minimum atomic E-state index is -0.981. The Kier molecular flexibility index (Phi) is 9.65. The number of aromatic carboxylic acids is 1. The number of rotatable bonds is 16. The molecule has 0 bridgehead atoms. The lowest BCUT2D eigenvalue weighted by Crippen LogP contribution is -2.25. The van der Waals surface area contributed by atoms with Crippen molar-refractivity contribution in [1.29, 1.82) is 0 Å². The number of hydrogen-bond acceptors (Lipinski definition) is 6. The number of unbranched alkanes of at least 4 members (excludes halogenated alkanes) is 5. The summed E-state index contributed by atoms with van der Waals surface area (Å²) in [5.74, 6) is -0.502. The van der Waals surface area contributed by atoms with Crippen molar-refractivity contribution in [2.75, 3.05) is 18.0 Å². The number of furan rings is 1. The molecule has 0 fully saturated rings. The van der Waals surface area contributed by atoms with Crippen LogP contribution in [-0.4, -0.2) is 45.7 Å². The third-order valence-corrected chi connectivity index (χ3v) is 10.1. The molecule has 3 heterocycles. The quantitative estimate of drug-likeness (QED) is 0.100. The number of hydrogen-bond donors (Lipinski definition) is 2. The Bertz CT molecular complexity index is 2050. The van der Waals surface area contributed by atoms with Gasteiger partial charge in [0.25, 0.3) is 0 Å². The van der Waals surface area contributed by atoms with E-state index >= 15 is 0 Å². The van der Waals surface area contributed by atoms with Crippen molar-refractivity contribution in [3.8, 4) is 11.1 Å². The summed E-state index contributed by atoms with van der Waals surface area (Å²) in [4.78, 5) is 30.3. The molecule has 9 heteroatoms. The molecule has 260 valence electrons. The van der Waals surface area contributed by atoms with E-state index in [0.717, 1.165) is 120 Å². The maximum atomic E-state index is 11.6. The smallest absolute Gasteiger partial charge is 0.335 e. The first-order chi connectivity index (χ1) is 24.4. The number of aromatic nitrogens is 1. The summed E-state index contributed by atoms with van der Waals surface area (Å²) >= 11 is 0. The fourth-order valence-corrected chi connectivity index (χ4v) is 7.57. The van der Waals surface area contributed by atoms with Gasteiger partial charge in [-0.25, -0.2) is 9.79 Å². The lowest BCUT2D eigenvalue weighted by atomic mass is 9.87. The number of fused-ring (bicyclic) bond motifs is 10. The number of anilines is 1. The van der Waals surface area contributed by atoms with Crippen molar-refractivity contribution in [2.45, 2.75) is 90.3 Å². The normalized spacial score (nSPS) is 16.2. The third-order valence-electron chi connectivity index (χ3n) is 10.1. The van der Waals surface area contributed by atoms with Gasteiger partial charge in [0.1, 0.15) is 11.6 Å². The van der Waals surface area contributed by atoms with Crippen molar-refractivity contribution in [3.63, 3.8) is 0 Å². The van der Waals surface area contributed by atoms with E-state index < -0.39 is 18.0 Å². The molecule has 0 amide bonds. The van der Waals surface area contributed by atoms with Gasteiger partial charge in [-0.3, -0.25) is 4.79 Å². The molecule has 9 nitrogen and oxygen atoms in total. The van der Waals surface area contributed by atoms with E-state index in [1.165, 1.54) is 0 Å². The fourth-order valence-electron chi connectivity index (χ4n) is 7.57. The Morgan fingerprint density at radius 3 is 2.30 bits per heavy atom. The first-order valence-electron chi connectivity index (χ1n) is 18.1. The minimum Gasteiger partial charge on any atom is -0.481 e. The molecule has 1 aliphatic heterocycles. The summed E-state index contributed by atoms with van der Waals surface area (Å²) in [6.45, 7) is 7.22. The highest BCUT2D eigenvalue weighted by Crippen LogP contribution is 2.57. The average molecular weight is 676 g/mol.